The second-order valence-electron chi connectivity index (χ2n) is 2.82. The van der Waals surface area contributed by atoms with E-state index in [0.29, 0.717) is 0 Å². The summed E-state index contributed by atoms with van der Waals surface area (Å²) in [7, 11) is 0. The molecule has 0 aliphatic carbocycles. The van der Waals surface area contributed by atoms with E-state index in [0.717, 1.165) is 25.0 Å². The first-order chi connectivity index (χ1) is 5.80. The highest BCUT2D eigenvalue weighted by molar-refractivity contribution is 4.64. The predicted molar refractivity (Wildman–Crippen MR) is 56.5 cm³/mol. The standard InChI is InChI=1S/C7H14O.2C2H6/c1-6-3-4-8-5-7(6)2;2*1-2/h6-7H,3-5H2,1-2H3;2*1-2H3. The maximum atomic E-state index is 5.25. The predicted octanol–water partition coefficient (Wildman–Crippen LogP) is 3.73. The van der Waals surface area contributed by atoms with Crippen LogP contribution in [0.15, 0.2) is 0 Å². The maximum Gasteiger partial charge on any atom is 0.0494 e. The van der Waals surface area contributed by atoms with E-state index in [9.17, 15) is 0 Å². The Bertz CT molecular complexity index is 61.4. The van der Waals surface area contributed by atoms with Crippen LogP contribution < -0.4 is 0 Å². The minimum absolute atomic E-state index is 0.781. The maximum absolute atomic E-state index is 5.25. The van der Waals surface area contributed by atoms with Crippen molar-refractivity contribution >= 4 is 0 Å². The van der Waals surface area contributed by atoms with E-state index in [2.05, 4.69) is 13.8 Å². The van der Waals surface area contributed by atoms with E-state index in [1.807, 2.05) is 27.7 Å². The smallest absolute Gasteiger partial charge is 0.0494 e. The van der Waals surface area contributed by atoms with Gasteiger partial charge < -0.3 is 4.74 Å². The van der Waals surface area contributed by atoms with Crippen LogP contribution in [0.3, 0.4) is 0 Å². The fourth-order valence-electron chi connectivity index (χ4n) is 0.987. The Hall–Kier alpha value is -0.0400. The molecule has 1 aliphatic heterocycles. The van der Waals surface area contributed by atoms with Gasteiger partial charge in [-0.25, -0.2) is 0 Å². The fraction of sp³-hybridized carbons (Fsp3) is 1.00. The lowest BCUT2D eigenvalue weighted by molar-refractivity contribution is 0.0303. The van der Waals surface area contributed by atoms with E-state index >= 15 is 0 Å². The first kappa shape index (κ1) is 14.5. The molecule has 2 unspecified atom stereocenters. The van der Waals surface area contributed by atoms with Crippen molar-refractivity contribution in [2.75, 3.05) is 13.2 Å². The van der Waals surface area contributed by atoms with Crippen molar-refractivity contribution in [3.05, 3.63) is 0 Å². The molecule has 2 atom stereocenters. The van der Waals surface area contributed by atoms with Crippen LogP contribution in [0.25, 0.3) is 0 Å². The summed E-state index contributed by atoms with van der Waals surface area (Å²) in [5.41, 5.74) is 0. The van der Waals surface area contributed by atoms with Gasteiger partial charge in [0.25, 0.3) is 0 Å². The molecule has 76 valence electrons. The van der Waals surface area contributed by atoms with Gasteiger partial charge in [0.05, 0.1) is 0 Å². The van der Waals surface area contributed by atoms with Gasteiger partial charge in [-0.2, -0.15) is 0 Å². The van der Waals surface area contributed by atoms with E-state index in [1.54, 1.807) is 0 Å². The summed E-state index contributed by atoms with van der Waals surface area (Å²) < 4.78 is 5.25. The van der Waals surface area contributed by atoms with Gasteiger partial charge in [0.1, 0.15) is 0 Å². The van der Waals surface area contributed by atoms with Gasteiger partial charge >= 0.3 is 0 Å². The molecule has 1 rings (SSSR count). The van der Waals surface area contributed by atoms with E-state index in [-0.39, 0.29) is 0 Å². The van der Waals surface area contributed by atoms with E-state index < -0.39 is 0 Å². The molecule has 1 fully saturated rings. The van der Waals surface area contributed by atoms with Crippen molar-refractivity contribution in [2.24, 2.45) is 11.8 Å². The monoisotopic (exact) mass is 174 g/mol. The third-order valence-corrected chi connectivity index (χ3v) is 2.07. The van der Waals surface area contributed by atoms with Crippen molar-refractivity contribution in [1.29, 1.82) is 0 Å². The summed E-state index contributed by atoms with van der Waals surface area (Å²) in [6.45, 7) is 14.5. The van der Waals surface area contributed by atoms with Crippen LogP contribution in [0, 0.1) is 11.8 Å². The highest BCUT2D eigenvalue weighted by Crippen LogP contribution is 2.19. The Morgan fingerprint density at radius 2 is 1.42 bits per heavy atom. The Kier molecular flexibility index (Phi) is 13.2. The van der Waals surface area contributed by atoms with Crippen molar-refractivity contribution in [1.82, 2.24) is 0 Å². The molecule has 1 saturated heterocycles. The molecule has 0 radical (unpaired) electrons. The molecule has 0 N–H and O–H groups in total. The molecule has 0 aromatic rings. The van der Waals surface area contributed by atoms with Crippen LogP contribution >= 0.6 is 0 Å². The lowest BCUT2D eigenvalue weighted by Crippen LogP contribution is -2.22. The summed E-state index contributed by atoms with van der Waals surface area (Å²) in [4.78, 5) is 0. The van der Waals surface area contributed by atoms with Crippen molar-refractivity contribution < 1.29 is 4.74 Å². The number of rotatable bonds is 0. The lowest BCUT2D eigenvalue weighted by atomic mass is 9.92. The zero-order valence-corrected chi connectivity index (χ0v) is 9.68. The molecule has 1 heterocycles. The van der Waals surface area contributed by atoms with Gasteiger partial charge in [-0.1, -0.05) is 41.5 Å². The zero-order chi connectivity index (χ0) is 9.98. The van der Waals surface area contributed by atoms with Crippen molar-refractivity contribution in [3.63, 3.8) is 0 Å². The summed E-state index contributed by atoms with van der Waals surface area (Å²) in [6, 6.07) is 0. The number of hydrogen-bond acceptors (Lipinski definition) is 1. The van der Waals surface area contributed by atoms with Crippen molar-refractivity contribution in [2.45, 2.75) is 48.0 Å². The summed E-state index contributed by atoms with van der Waals surface area (Å²) >= 11 is 0. The van der Waals surface area contributed by atoms with Crippen LogP contribution in [0.1, 0.15) is 48.0 Å². The molecule has 1 nitrogen and oxygen atoms in total. The average molecular weight is 174 g/mol. The quantitative estimate of drug-likeness (QED) is 0.543. The SMILES string of the molecule is CC.CC.CC1CCOCC1C. The minimum Gasteiger partial charge on any atom is -0.381 e. The van der Waals surface area contributed by atoms with Gasteiger partial charge in [0.15, 0.2) is 0 Å². The first-order valence-electron chi connectivity index (χ1n) is 5.38. The minimum atomic E-state index is 0.781. The van der Waals surface area contributed by atoms with Crippen LogP contribution in [-0.4, -0.2) is 13.2 Å². The molecular weight excluding hydrogens is 148 g/mol. The number of hydrogen-bond donors (Lipinski definition) is 0. The molecule has 0 saturated carbocycles. The van der Waals surface area contributed by atoms with Crippen LogP contribution in [0.5, 0.6) is 0 Å². The molecule has 0 aromatic heterocycles. The van der Waals surface area contributed by atoms with Gasteiger partial charge in [0.2, 0.25) is 0 Å². The molecule has 1 aliphatic rings. The third-order valence-electron chi connectivity index (χ3n) is 2.07. The zero-order valence-electron chi connectivity index (χ0n) is 9.68. The molecule has 12 heavy (non-hydrogen) atoms. The van der Waals surface area contributed by atoms with Crippen LogP contribution in [0.2, 0.25) is 0 Å². The van der Waals surface area contributed by atoms with Gasteiger partial charge in [-0.3, -0.25) is 0 Å². The topological polar surface area (TPSA) is 9.23 Å². The molecular formula is C11H26O. The summed E-state index contributed by atoms with van der Waals surface area (Å²) in [6.07, 6.45) is 1.25. The fourth-order valence-corrected chi connectivity index (χ4v) is 0.987. The van der Waals surface area contributed by atoms with E-state index in [4.69, 9.17) is 4.74 Å². The van der Waals surface area contributed by atoms with Gasteiger partial charge in [0, 0.05) is 13.2 Å². The Balaban J connectivity index is 0. The first-order valence-corrected chi connectivity index (χ1v) is 5.38. The highest BCUT2D eigenvalue weighted by Gasteiger charge is 2.16. The third kappa shape index (κ3) is 6.66. The molecule has 0 aromatic carbocycles. The van der Waals surface area contributed by atoms with Crippen molar-refractivity contribution in [3.8, 4) is 0 Å². The Morgan fingerprint density at radius 3 is 1.67 bits per heavy atom. The Labute approximate surface area is 78.5 Å². The van der Waals surface area contributed by atoms with Gasteiger partial charge in [-0.15, -0.1) is 0 Å². The summed E-state index contributed by atoms with van der Waals surface area (Å²) in [5.74, 6) is 1.66. The number of ether oxygens (including phenoxy) is 1. The molecule has 0 bridgehead atoms. The second-order valence-corrected chi connectivity index (χ2v) is 2.82. The second kappa shape index (κ2) is 11.0. The largest absolute Gasteiger partial charge is 0.381 e. The normalized spacial score (nSPS) is 27.5. The molecule has 1 heteroatoms. The van der Waals surface area contributed by atoms with Gasteiger partial charge in [-0.05, 0) is 18.3 Å². The molecule has 0 spiro atoms. The molecule has 0 amide bonds. The lowest BCUT2D eigenvalue weighted by Gasteiger charge is -2.24. The van der Waals surface area contributed by atoms with Crippen LogP contribution in [-0.2, 0) is 4.74 Å². The highest BCUT2D eigenvalue weighted by atomic mass is 16.5. The summed E-state index contributed by atoms with van der Waals surface area (Å²) in [5, 5.41) is 0. The van der Waals surface area contributed by atoms with Crippen LogP contribution in [0.4, 0.5) is 0 Å². The average Bonchev–Trinajstić information content (AvgIpc) is 2.17. The Morgan fingerprint density at radius 1 is 0.917 bits per heavy atom. The van der Waals surface area contributed by atoms with E-state index in [1.165, 1.54) is 6.42 Å².